The number of methoxy groups -OCH3 is 1. The normalized spacial score (nSPS) is 46.2. The van der Waals surface area contributed by atoms with Crippen LogP contribution < -0.4 is 0 Å². The number of ether oxygens (including phenoxy) is 3. The van der Waals surface area contributed by atoms with Crippen LogP contribution in [0.25, 0.3) is 0 Å². The third kappa shape index (κ3) is 2.16. The number of phosphoric ester groups is 1. The first kappa shape index (κ1) is 14.5. The zero-order chi connectivity index (χ0) is 13.6. The molecule has 18 heavy (non-hydrogen) atoms. The molecule has 2 aliphatic rings. The van der Waals surface area contributed by atoms with Crippen LogP contribution in [-0.4, -0.2) is 63.5 Å². The molecule has 2 heterocycles. The smallest absolute Gasteiger partial charge is 0.381 e. The van der Waals surface area contributed by atoms with Gasteiger partial charge in [0.25, 0.3) is 0 Å². The zero-order valence-corrected chi connectivity index (χ0v) is 11.8. The molecule has 2 saturated heterocycles. The average molecular weight is 280 g/mol. The molecular weight excluding hydrogens is 262 g/mol. The Morgan fingerprint density at radius 3 is 2.72 bits per heavy atom. The van der Waals surface area contributed by atoms with Crippen LogP contribution in [0.15, 0.2) is 0 Å². The Balaban J connectivity index is 2.25. The van der Waals surface area contributed by atoms with Gasteiger partial charge < -0.3 is 19.1 Å². The molecule has 0 aliphatic carbocycles. The predicted molar refractivity (Wildman–Crippen MR) is 64.1 cm³/mol. The molecule has 6 atom stereocenters. The van der Waals surface area contributed by atoms with Crippen LogP contribution >= 0.6 is 7.82 Å². The monoisotopic (exact) mass is 280 g/mol. The Morgan fingerprint density at radius 1 is 1.50 bits per heavy atom. The zero-order valence-electron chi connectivity index (χ0n) is 10.9. The van der Waals surface area contributed by atoms with E-state index in [1.807, 2.05) is 14.8 Å². The molecule has 0 saturated carbocycles. The van der Waals surface area contributed by atoms with Crippen molar-refractivity contribution in [3.05, 3.63) is 0 Å². The number of phosphoric acid groups is 1. The molecule has 0 aromatic heterocycles. The standard InChI is InChI=1S/C9H18BO7P/c1-5-9(4-13-2)7(17-18(11,12)14-3)6(15-5)8(10)16-9/h5-8H,4,10H2,1-3H3,(H,11,12)/t5-,6-,7?,8+,9+/m0/s1. The topological polar surface area (TPSA) is 83.5 Å². The van der Waals surface area contributed by atoms with E-state index in [4.69, 9.17) is 18.7 Å². The molecule has 2 bridgehead atoms. The van der Waals surface area contributed by atoms with Gasteiger partial charge in [0.2, 0.25) is 0 Å². The summed E-state index contributed by atoms with van der Waals surface area (Å²) < 4.78 is 37.9. The van der Waals surface area contributed by atoms with Gasteiger partial charge >= 0.3 is 7.82 Å². The largest absolute Gasteiger partial charge is 0.472 e. The van der Waals surface area contributed by atoms with Gasteiger partial charge in [-0.25, -0.2) is 4.57 Å². The van der Waals surface area contributed by atoms with Gasteiger partial charge in [-0.2, -0.15) is 0 Å². The van der Waals surface area contributed by atoms with Crippen LogP contribution in [0.5, 0.6) is 0 Å². The van der Waals surface area contributed by atoms with Crippen molar-refractivity contribution < 1.29 is 32.7 Å². The van der Waals surface area contributed by atoms with Crippen LogP contribution in [-0.2, 0) is 27.8 Å². The quantitative estimate of drug-likeness (QED) is 0.525. The van der Waals surface area contributed by atoms with E-state index in [-0.39, 0.29) is 18.7 Å². The number of fused-ring (bicyclic) bond motifs is 2. The molecule has 0 aromatic carbocycles. The fraction of sp³-hybridized carbons (Fsp3) is 1.00. The van der Waals surface area contributed by atoms with Crippen molar-refractivity contribution in [3.63, 3.8) is 0 Å². The summed E-state index contributed by atoms with van der Waals surface area (Å²) in [4.78, 5) is 9.46. The molecule has 104 valence electrons. The Morgan fingerprint density at radius 2 is 2.17 bits per heavy atom. The van der Waals surface area contributed by atoms with Crippen molar-refractivity contribution in [3.8, 4) is 0 Å². The summed E-state index contributed by atoms with van der Waals surface area (Å²) in [5, 5.41) is 0. The molecule has 2 unspecified atom stereocenters. The molecule has 2 aliphatic heterocycles. The van der Waals surface area contributed by atoms with Gasteiger partial charge in [0, 0.05) is 14.2 Å². The van der Waals surface area contributed by atoms with Gasteiger partial charge in [0.05, 0.1) is 18.7 Å². The van der Waals surface area contributed by atoms with Crippen LogP contribution in [0.1, 0.15) is 6.92 Å². The molecule has 1 N–H and O–H groups in total. The number of rotatable bonds is 5. The van der Waals surface area contributed by atoms with Crippen molar-refractivity contribution in [1.29, 1.82) is 0 Å². The lowest BCUT2D eigenvalue weighted by Crippen LogP contribution is -2.50. The fourth-order valence-corrected chi connectivity index (χ4v) is 3.33. The van der Waals surface area contributed by atoms with E-state index in [0.29, 0.717) is 0 Å². The average Bonchev–Trinajstić information content (AvgIpc) is 2.68. The first-order valence-electron chi connectivity index (χ1n) is 5.75. The van der Waals surface area contributed by atoms with Crippen LogP contribution in [0.4, 0.5) is 0 Å². The van der Waals surface area contributed by atoms with Crippen molar-refractivity contribution in [2.75, 3.05) is 20.8 Å². The van der Waals surface area contributed by atoms with E-state index in [0.717, 1.165) is 7.11 Å². The summed E-state index contributed by atoms with van der Waals surface area (Å²) >= 11 is 0. The molecule has 0 spiro atoms. The van der Waals surface area contributed by atoms with Gasteiger partial charge in [0.1, 0.15) is 25.7 Å². The van der Waals surface area contributed by atoms with Crippen molar-refractivity contribution >= 4 is 15.7 Å². The summed E-state index contributed by atoms with van der Waals surface area (Å²) in [6.07, 6.45) is -1.36. The van der Waals surface area contributed by atoms with Gasteiger partial charge in [-0.1, -0.05) is 0 Å². The number of hydrogen-bond donors (Lipinski definition) is 1. The van der Waals surface area contributed by atoms with E-state index >= 15 is 0 Å². The first-order chi connectivity index (χ1) is 8.36. The Labute approximate surface area is 107 Å². The van der Waals surface area contributed by atoms with Gasteiger partial charge in [-0.3, -0.25) is 9.05 Å². The summed E-state index contributed by atoms with van der Waals surface area (Å²) in [6, 6.07) is -0.224. The first-order valence-corrected chi connectivity index (χ1v) is 7.25. The lowest BCUT2D eigenvalue weighted by molar-refractivity contribution is -0.177. The summed E-state index contributed by atoms with van der Waals surface area (Å²) in [6.45, 7) is 2.06. The van der Waals surface area contributed by atoms with Crippen LogP contribution in [0.2, 0.25) is 0 Å². The van der Waals surface area contributed by atoms with Crippen LogP contribution in [0.3, 0.4) is 0 Å². The second kappa shape index (κ2) is 4.87. The third-order valence-electron chi connectivity index (χ3n) is 3.54. The lowest BCUT2D eigenvalue weighted by Gasteiger charge is -2.35. The van der Waals surface area contributed by atoms with Crippen LogP contribution in [0, 0.1) is 0 Å². The Kier molecular flexibility index (Phi) is 3.91. The van der Waals surface area contributed by atoms with Crippen molar-refractivity contribution in [2.45, 2.75) is 36.8 Å². The van der Waals surface area contributed by atoms with E-state index in [1.54, 1.807) is 0 Å². The molecule has 7 nitrogen and oxygen atoms in total. The summed E-state index contributed by atoms with van der Waals surface area (Å²) in [7, 11) is 0.396. The van der Waals surface area contributed by atoms with Gasteiger partial charge in [-0.15, -0.1) is 0 Å². The minimum atomic E-state index is -4.09. The van der Waals surface area contributed by atoms with E-state index in [1.165, 1.54) is 7.11 Å². The molecular formula is C9H18BO7P. The van der Waals surface area contributed by atoms with E-state index in [9.17, 15) is 9.46 Å². The highest BCUT2D eigenvalue weighted by Gasteiger charge is 2.66. The third-order valence-corrected chi connectivity index (χ3v) is 4.50. The van der Waals surface area contributed by atoms with Crippen molar-refractivity contribution in [1.82, 2.24) is 0 Å². The minimum Gasteiger partial charge on any atom is -0.381 e. The molecule has 0 aromatic rings. The van der Waals surface area contributed by atoms with Gasteiger partial charge in [-0.05, 0) is 6.92 Å². The van der Waals surface area contributed by atoms with E-state index < -0.39 is 25.6 Å². The molecule has 0 radical (unpaired) electrons. The number of hydrogen-bond acceptors (Lipinski definition) is 6. The highest BCUT2D eigenvalue weighted by atomic mass is 31.2. The maximum Gasteiger partial charge on any atom is 0.472 e. The second-order valence-electron chi connectivity index (χ2n) is 4.63. The predicted octanol–water partition coefficient (Wildman–Crippen LogP) is -0.720. The highest BCUT2D eigenvalue weighted by Crippen LogP contribution is 2.53. The van der Waals surface area contributed by atoms with E-state index in [2.05, 4.69) is 4.52 Å². The minimum absolute atomic E-state index is 0.224. The Bertz CT molecular complexity index is 367. The maximum atomic E-state index is 11.6. The summed E-state index contributed by atoms with van der Waals surface area (Å²) in [5.74, 6) is 0. The van der Waals surface area contributed by atoms with Crippen molar-refractivity contribution in [2.24, 2.45) is 0 Å². The SMILES string of the molecule is B[C@@H]1O[C@@]2(COC)C(OP(=O)(O)OC)[C@@H]1O[C@H]2C. The summed E-state index contributed by atoms with van der Waals surface area (Å²) in [5.41, 5.74) is -0.865. The molecule has 2 fully saturated rings. The Hall–Kier alpha value is 0.0549. The fourth-order valence-electron chi connectivity index (χ4n) is 2.66. The highest BCUT2D eigenvalue weighted by molar-refractivity contribution is 7.47. The molecule has 9 heteroatoms. The lowest BCUT2D eigenvalue weighted by atomic mass is 9.91. The maximum absolute atomic E-state index is 11.6. The second-order valence-corrected chi connectivity index (χ2v) is 6.14. The van der Waals surface area contributed by atoms with Gasteiger partial charge in [0.15, 0.2) is 0 Å². The molecule has 2 rings (SSSR count). The molecule has 0 amide bonds.